The molecule has 7 heteroatoms. The van der Waals surface area contributed by atoms with E-state index < -0.39 is 5.97 Å². The van der Waals surface area contributed by atoms with E-state index in [1.54, 1.807) is 11.6 Å². The molecule has 21 heavy (non-hydrogen) atoms. The van der Waals surface area contributed by atoms with Crippen molar-refractivity contribution in [2.24, 2.45) is 0 Å². The van der Waals surface area contributed by atoms with Crippen LogP contribution in [0.3, 0.4) is 0 Å². The van der Waals surface area contributed by atoms with E-state index in [1.165, 1.54) is 0 Å². The average Bonchev–Trinajstić information content (AvgIpc) is 2.91. The van der Waals surface area contributed by atoms with Crippen molar-refractivity contribution in [1.29, 1.82) is 0 Å². The molecule has 6 nitrogen and oxygen atoms in total. The second kappa shape index (κ2) is 5.83. The van der Waals surface area contributed by atoms with Crippen LogP contribution in [-0.2, 0) is 22.6 Å². The zero-order valence-corrected chi connectivity index (χ0v) is 12.2. The number of hydrogen-bond donors (Lipinski definition) is 0. The number of nitrogens with zero attached hydrogens (tertiary/aromatic N) is 3. The van der Waals surface area contributed by atoms with Gasteiger partial charge in [0.05, 0.1) is 25.5 Å². The van der Waals surface area contributed by atoms with Gasteiger partial charge in [-0.25, -0.2) is 9.48 Å². The summed E-state index contributed by atoms with van der Waals surface area (Å²) in [6, 6.07) is 7.48. The summed E-state index contributed by atoms with van der Waals surface area (Å²) in [5.41, 5.74) is 1.89. The van der Waals surface area contributed by atoms with E-state index in [4.69, 9.17) is 21.1 Å². The van der Waals surface area contributed by atoms with Crippen LogP contribution in [0.5, 0.6) is 0 Å². The van der Waals surface area contributed by atoms with Gasteiger partial charge in [-0.05, 0) is 24.6 Å². The van der Waals surface area contributed by atoms with Crippen molar-refractivity contribution in [1.82, 2.24) is 15.0 Å². The van der Waals surface area contributed by atoms with Crippen LogP contribution in [0, 0.1) is 0 Å². The molecule has 0 saturated heterocycles. The molecule has 2 aromatic rings. The molecular formula is C14H14ClN3O3. The highest BCUT2D eigenvalue weighted by atomic mass is 35.5. The number of hydrogen-bond acceptors (Lipinski definition) is 5. The number of halogens is 1. The number of rotatable bonds is 3. The molecule has 3 rings (SSSR count). The number of carbonyl (C=O) groups is 1. The average molecular weight is 308 g/mol. The van der Waals surface area contributed by atoms with Gasteiger partial charge in [-0.1, -0.05) is 28.9 Å². The van der Waals surface area contributed by atoms with Gasteiger partial charge >= 0.3 is 5.97 Å². The van der Waals surface area contributed by atoms with E-state index in [1.807, 2.05) is 24.3 Å². The molecule has 0 N–H and O–H groups in total. The van der Waals surface area contributed by atoms with Crippen molar-refractivity contribution in [3.63, 3.8) is 0 Å². The highest BCUT2D eigenvalue weighted by Gasteiger charge is 2.28. The smallest absolute Gasteiger partial charge is 0.360 e. The lowest BCUT2D eigenvalue weighted by Crippen LogP contribution is -2.23. The van der Waals surface area contributed by atoms with Gasteiger partial charge in [0, 0.05) is 5.02 Å². The SMILES string of the molecule is CCOC(=O)c1nnn2c1CO[C@@H](c1ccc(Cl)cc1)C2. The summed E-state index contributed by atoms with van der Waals surface area (Å²) in [5.74, 6) is -0.465. The zero-order chi connectivity index (χ0) is 14.8. The lowest BCUT2D eigenvalue weighted by atomic mass is 10.1. The molecule has 0 saturated carbocycles. The third-order valence-corrected chi connectivity index (χ3v) is 3.56. The molecule has 2 heterocycles. The Morgan fingerprint density at radius 1 is 1.48 bits per heavy atom. The van der Waals surface area contributed by atoms with Crippen LogP contribution in [0.2, 0.25) is 5.02 Å². The van der Waals surface area contributed by atoms with Gasteiger partial charge in [-0.2, -0.15) is 0 Å². The third kappa shape index (κ3) is 2.77. The Morgan fingerprint density at radius 2 is 2.24 bits per heavy atom. The van der Waals surface area contributed by atoms with Crippen LogP contribution >= 0.6 is 11.6 Å². The van der Waals surface area contributed by atoms with Gasteiger partial charge in [-0.15, -0.1) is 5.10 Å². The molecule has 0 amide bonds. The summed E-state index contributed by atoms with van der Waals surface area (Å²) in [7, 11) is 0. The minimum atomic E-state index is -0.465. The maximum Gasteiger partial charge on any atom is 0.360 e. The number of aromatic nitrogens is 3. The summed E-state index contributed by atoms with van der Waals surface area (Å²) in [4.78, 5) is 11.8. The molecule has 1 aliphatic heterocycles. The predicted octanol–water partition coefficient (Wildman–Crippen LogP) is 2.38. The standard InChI is InChI=1S/C14H14ClN3O3/c1-2-20-14(19)13-11-8-21-12(7-18(11)17-16-13)9-3-5-10(15)6-4-9/h3-6,12H,2,7-8H2,1H3/t12-/m1/s1. The first-order valence-corrected chi connectivity index (χ1v) is 7.03. The summed E-state index contributed by atoms with van der Waals surface area (Å²) in [5, 5.41) is 8.59. The Kier molecular flexibility index (Phi) is 3.90. The van der Waals surface area contributed by atoms with Gasteiger partial charge in [0.2, 0.25) is 0 Å². The zero-order valence-electron chi connectivity index (χ0n) is 11.5. The quantitative estimate of drug-likeness (QED) is 0.815. The Hall–Kier alpha value is -1.92. The Morgan fingerprint density at radius 3 is 2.95 bits per heavy atom. The maximum atomic E-state index is 11.8. The largest absolute Gasteiger partial charge is 0.461 e. The van der Waals surface area contributed by atoms with E-state index in [2.05, 4.69) is 10.3 Å². The number of fused-ring (bicyclic) bond motifs is 1. The summed E-state index contributed by atoms with van der Waals surface area (Å²) >= 11 is 5.88. The van der Waals surface area contributed by atoms with E-state index >= 15 is 0 Å². The van der Waals surface area contributed by atoms with Gasteiger partial charge in [0.25, 0.3) is 0 Å². The molecule has 0 radical (unpaired) electrons. The highest BCUT2D eigenvalue weighted by molar-refractivity contribution is 6.30. The number of benzene rings is 1. The second-order valence-corrected chi connectivity index (χ2v) is 5.07. The monoisotopic (exact) mass is 307 g/mol. The fourth-order valence-corrected chi connectivity index (χ4v) is 2.37. The van der Waals surface area contributed by atoms with Gasteiger partial charge < -0.3 is 9.47 Å². The van der Waals surface area contributed by atoms with E-state index in [9.17, 15) is 4.79 Å². The Labute approximate surface area is 126 Å². The third-order valence-electron chi connectivity index (χ3n) is 3.31. The fraction of sp³-hybridized carbons (Fsp3) is 0.357. The van der Waals surface area contributed by atoms with Crippen LogP contribution < -0.4 is 0 Å². The minimum absolute atomic E-state index is 0.133. The van der Waals surface area contributed by atoms with Crippen molar-refractivity contribution in [2.75, 3.05) is 6.61 Å². The molecule has 110 valence electrons. The van der Waals surface area contributed by atoms with Gasteiger partial charge in [0.1, 0.15) is 6.10 Å². The van der Waals surface area contributed by atoms with Crippen LogP contribution in [0.15, 0.2) is 24.3 Å². The van der Waals surface area contributed by atoms with Gasteiger partial charge in [0.15, 0.2) is 5.69 Å². The summed E-state index contributed by atoms with van der Waals surface area (Å²) in [6.07, 6.45) is -0.133. The van der Waals surface area contributed by atoms with Gasteiger partial charge in [-0.3, -0.25) is 0 Å². The first-order chi connectivity index (χ1) is 10.2. The predicted molar refractivity (Wildman–Crippen MR) is 75.0 cm³/mol. The molecule has 0 unspecified atom stereocenters. The number of ether oxygens (including phenoxy) is 2. The molecule has 1 aromatic carbocycles. The van der Waals surface area contributed by atoms with Crippen molar-refractivity contribution in [3.05, 3.63) is 46.2 Å². The molecule has 1 aromatic heterocycles. The maximum absolute atomic E-state index is 11.8. The molecule has 0 spiro atoms. The van der Waals surface area contributed by atoms with E-state index in [0.29, 0.717) is 23.9 Å². The Bertz CT molecular complexity index is 654. The van der Waals surface area contributed by atoms with Crippen LogP contribution in [0.1, 0.15) is 34.8 Å². The van der Waals surface area contributed by atoms with E-state index in [-0.39, 0.29) is 18.4 Å². The summed E-state index contributed by atoms with van der Waals surface area (Å²) in [6.45, 7) is 2.83. The normalized spacial score (nSPS) is 17.3. The highest BCUT2D eigenvalue weighted by Crippen LogP contribution is 2.27. The molecule has 1 atom stereocenters. The van der Waals surface area contributed by atoms with Crippen molar-refractivity contribution in [2.45, 2.75) is 26.2 Å². The van der Waals surface area contributed by atoms with E-state index in [0.717, 1.165) is 5.56 Å². The minimum Gasteiger partial charge on any atom is -0.461 e. The number of carbonyl (C=O) groups excluding carboxylic acids is 1. The van der Waals surface area contributed by atoms with Crippen LogP contribution in [0.25, 0.3) is 0 Å². The van der Waals surface area contributed by atoms with Crippen molar-refractivity contribution in [3.8, 4) is 0 Å². The first kappa shape index (κ1) is 14.0. The lowest BCUT2D eigenvalue weighted by molar-refractivity contribution is -0.00233. The second-order valence-electron chi connectivity index (χ2n) is 4.64. The molecule has 0 bridgehead atoms. The number of esters is 1. The molecule has 0 fully saturated rings. The fourth-order valence-electron chi connectivity index (χ4n) is 2.25. The Balaban J connectivity index is 1.80. The van der Waals surface area contributed by atoms with Crippen molar-refractivity contribution >= 4 is 17.6 Å². The molecule has 0 aliphatic carbocycles. The molecule has 1 aliphatic rings. The van der Waals surface area contributed by atoms with Crippen LogP contribution in [-0.4, -0.2) is 27.6 Å². The lowest BCUT2D eigenvalue weighted by Gasteiger charge is -2.24. The van der Waals surface area contributed by atoms with Crippen LogP contribution in [0.4, 0.5) is 0 Å². The van der Waals surface area contributed by atoms with Crippen molar-refractivity contribution < 1.29 is 14.3 Å². The first-order valence-electron chi connectivity index (χ1n) is 6.65. The topological polar surface area (TPSA) is 66.2 Å². The summed E-state index contributed by atoms with van der Waals surface area (Å²) < 4.78 is 12.4. The molecular weight excluding hydrogens is 294 g/mol.